The molecule has 2 amide bonds. The normalized spacial score (nSPS) is 15.0. The fourth-order valence-electron chi connectivity index (χ4n) is 3.19. The summed E-state index contributed by atoms with van der Waals surface area (Å²) in [4.78, 5) is 30.1. The van der Waals surface area contributed by atoms with Crippen molar-refractivity contribution in [2.45, 2.75) is 39.2 Å². The van der Waals surface area contributed by atoms with Crippen LogP contribution in [0.15, 0.2) is 18.2 Å². The Labute approximate surface area is 167 Å². The van der Waals surface area contributed by atoms with Crippen molar-refractivity contribution in [3.8, 4) is 5.69 Å². The number of nitrogens with zero attached hydrogens (tertiary/aromatic N) is 4. The molecule has 1 aliphatic rings. The largest absolute Gasteiger partial charge is 0.353 e. The lowest BCUT2D eigenvalue weighted by molar-refractivity contribution is -0.119. The first kappa shape index (κ1) is 19.6. The number of halogens is 2. The summed E-state index contributed by atoms with van der Waals surface area (Å²) in [6, 6.07) is 5.29. The predicted molar refractivity (Wildman–Crippen MR) is 103 cm³/mol. The van der Waals surface area contributed by atoms with Gasteiger partial charge in [-0.05, 0) is 25.0 Å². The Balaban J connectivity index is 1.81. The second kappa shape index (κ2) is 8.27. The maximum atomic E-state index is 12.8. The van der Waals surface area contributed by atoms with Gasteiger partial charge in [-0.25, -0.2) is 9.67 Å². The molecule has 9 heteroatoms. The summed E-state index contributed by atoms with van der Waals surface area (Å²) in [6.07, 6.45) is 2.00. The van der Waals surface area contributed by atoms with E-state index >= 15 is 0 Å². The highest BCUT2D eigenvalue weighted by Gasteiger charge is 2.27. The van der Waals surface area contributed by atoms with Crippen molar-refractivity contribution in [1.29, 1.82) is 0 Å². The summed E-state index contributed by atoms with van der Waals surface area (Å²) in [7, 11) is 0. The number of likely N-dealkylation sites (tertiary alicyclic amines) is 1. The average Bonchev–Trinajstić information content (AvgIpc) is 3.05. The van der Waals surface area contributed by atoms with Crippen LogP contribution in [0.2, 0.25) is 10.0 Å². The highest BCUT2D eigenvalue weighted by atomic mass is 35.5. The third-order valence-electron chi connectivity index (χ3n) is 4.52. The van der Waals surface area contributed by atoms with Crippen LogP contribution in [0.3, 0.4) is 0 Å². The van der Waals surface area contributed by atoms with Crippen LogP contribution in [-0.2, 0) is 11.2 Å². The minimum absolute atomic E-state index is 0.0515. The van der Waals surface area contributed by atoms with E-state index in [2.05, 4.69) is 15.4 Å². The number of nitrogens with one attached hydrogen (secondary N) is 1. The Bertz CT molecular complexity index is 839. The molecule has 1 aliphatic heterocycles. The molecule has 1 aromatic carbocycles. The van der Waals surface area contributed by atoms with E-state index in [0.29, 0.717) is 53.9 Å². The van der Waals surface area contributed by atoms with Crippen molar-refractivity contribution in [3.63, 3.8) is 0 Å². The smallest absolute Gasteiger partial charge is 0.293 e. The minimum Gasteiger partial charge on any atom is -0.353 e. The zero-order valence-electron chi connectivity index (χ0n) is 15.2. The molecule has 0 spiro atoms. The first-order valence-electron chi connectivity index (χ1n) is 8.87. The molecule has 3 rings (SSSR count). The number of piperidine rings is 1. The Morgan fingerprint density at radius 2 is 1.85 bits per heavy atom. The van der Waals surface area contributed by atoms with Crippen LogP contribution in [-0.4, -0.2) is 50.6 Å². The highest BCUT2D eigenvalue weighted by Crippen LogP contribution is 2.29. The molecule has 0 unspecified atom stereocenters. The topological polar surface area (TPSA) is 80.1 Å². The monoisotopic (exact) mass is 409 g/mol. The van der Waals surface area contributed by atoms with Gasteiger partial charge in [-0.15, -0.1) is 5.10 Å². The number of hydrogen-bond donors (Lipinski definition) is 1. The summed E-state index contributed by atoms with van der Waals surface area (Å²) >= 11 is 12.6. The first-order chi connectivity index (χ1) is 12.9. The number of benzene rings is 1. The number of amides is 2. The molecule has 1 N–H and O–H groups in total. The molecule has 27 heavy (non-hydrogen) atoms. The number of aryl methyl sites for hydroxylation is 1. The highest BCUT2D eigenvalue weighted by molar-refractivity contribution is 6.37. The fraction of sp³-hybridized carbons (Fsp3) is 0.444. The lowest BCUT2D eigenvalue weighted by atomic mass is 10.0. The third-order valence-corrected chi connectivity index (χ3v) is 5.13. The molecule has 7 nitrogen and oxygen atoms in total. The van der Waals surface area contributed by atoms with Crippen molar-refractivity contribution in [1.82, 2.24) is 25.0 Å². The molecule has 1 fully saturated rings. The molecule has 0 atom stereocenters. The van der Waals surface area contributed by atoms with Gasteiger partial charge in [0.1, 0.15) is 11.5 Å². The van der Waals surface area contributed by atoms with Gasteiger partial charge in [0.2, 0.25) is 11.7 Å². The van der Waals surface area contributed by atoms with Crippen molar-refractivity contribution in [2.75, 3.05) is 13.1 Å². The van der Waals surface area contributed by atoms with Gasteiger partial charge >= 0.3 is 0 Å². The third kappa shape index (κ3) is 4.25. The number of rotatable bonds is 4. The quantitative estimate of drug-likeness (QED) is 0.841. The van der Waals surface area contributed by atoms with Crippen LogP contribution >= 0.6 is 23.2 Å². The van der Waals surface area contributed by atoms with E-state index in [1.807, 2.05) is 6.92 Å². The van der Waals surface area contributed by atoms with Crippen LogP contribution in [0.5, 0.6) is 0 Å². The first-order valence-corrected chi connectivity index (χ1v) is 9.63. The molecular formula is C18H21Cl2N5O2. The summed E-state index contributed by atoms with van der Waals surface area (Å²) in [5.74, 6) is 0.458. The predicted octanol–water partition coefficient (Wildman–Crippen LogP) is 2.88. The average molecular weight is 410 g/mol. The minimum atomic E-state index is -0.229. The Morgan fingerprint density at radius 1 is 1.22 bits per heavy atom. The molecule has 1 aromatic heterocycles. The van der Waals surface area contributed by atoms with Gasteiger partial charge in [0.15, 0.2) is 0 Å². The van der Waals surface area contributed by atoms with Crippen LogP contribution in [0.1, 0.15) is 43.1 Å². The molecule has 0 aliphatic carbocycles. The summed E-state index contributed by atoms with van der Waals surface area (Å²) in [6.45, 7) is 4.53. The number of aromatic nitrogens is 3. The summed E-state index contributed by atoms with van der Waals surface area (Å²) < 4.78 is 1.54. The summed E-state index contributed by atoms with van der Waals surface area (Å²) in [5, 5.41) is 8.17. The second-order valence-corrected chi connectivity index (χ2v) is 7.27. The van der Waals surface area contributed by atoms with Gasteiger partial charge in [0.25, 0.3) is 5.91 Å². The van der Waals surface area contributed by atoms with E-state index in [1.165, 1.54) is 6.92 Å². The molecule has 0 radical (unpaired) electrons. The lowest BCUT2D eigenvalue weighted by Gasteiger charge is -2.31. The number of para-hydroxylation sites is 1. The Hall–Kier alpha value is -2.12. The van der Waals surface area contributed by atoms with Crippen LogP contribution in [0, 0.1) is 0 Å². The van der Waals surface area contributed by atoms with Crippen LogP contribution in [0.4, 0.5) is 0 Å². The number of carbonyl (C=O) groups is 2. The number of hydrogen-bond acceptors (Lipinski definition) is 4. The van der Waals surface area contributed by atoms with E-state index < -0.39 is 0 Å². The van der Waals surface area contributed by atoms with E-state index in [0.717, 1.165) is 0 Å². The molecule has 0 bridgehead atoms. The summed E-state index contributed by atoms with van der Waals surface area (Å²) in [5.41, 5.74) is 0.522. The standard InChI is InChI=1S/C18H21Cl2N5O2/c1-3-15-22-17(23-25(15)16-13(19)5-4-6-14(16)20)18(27)24-9-7-12(8-10-24)21-11(2)26/h4-6,12H,3,7-10H2,1-2H3,(H,21,26). The van der Waals surface area contributed by atoms with Gasteiger partial charge in [-0.1, -0.05) is 36.2 Å². The van der Waals surface area contributed by atoms with E-state index in [-0.39, 0.29) is 23.7 Å². The van der Waals surface area contributed by atoms with E-state index in [1.54, 1.807) is 27.8 Å². The molecule has 1 saturated heterocycles. The maximum Gasteiger partial charge on any atom is 0.293 e. The van der Waals surface area contributed by atoms with Crippen LogP contribution in [0.25, 0.3) is 5.69 Å². The zero-order chi connectivity index (χ0) is 19.6. The van der Waals surface area contributed by atoms with Gasteiger partial charge in [-0.3, -0.25) is 9.59 Å². The van der Waals surface area contributed by atoms with Crippen molar-refractivity contribution < 1.29 is 9.59 Å². The Kier molecular flexibility index (Phi) is 6.01. The molecule has 144 valence electrons. The zero-order valence-corrected chi connectivity index (χ0v) is 16.7. The van der Waals surface area contributed by atoms with Crippen molar-refractivity contribution in [2.24, 2.45) is 0 Å². The molecule has 2 aromatic rings. The van der Waals surface area contributed by atoms with Crippen LogP contribution < -0.4 is 5.32 Å². The molecular weight excluding hydrogens is 389 g/mol. The van der Waals surface area contributed by atoms with Crippen molar-refractivity contribution in [3.05, 3.63) is 39.9 Å². The fourth-order valence-corrected chi connectivity index (χ4v) is 3.75. The van der Waals surface area contributed by atoms with E-state index in [9.17, 15) is 9.59 Å². The number of carbonyl (C=O) groups excluding carboxylic acids is 2. The van der Waals surface area contributed by atoms with Gasteiger partial charge in [0.05, 0.1) is 10.0 Å². The lowest BCUT2D eigenvalue weighted by Crippen LogP contribution is -2.46. The second-order valence-electron chi connectivity index (χ2n) is 6.45. The molecule has 0 saturated carbocycles. The molecule has 2 heterocycles. The van der Waals surface area contributed by atoms with Gasteiger partial charge in [0, 0.05) is 32.5 Å². The van der Waals surface area contributed by atoms with Gasteiger partial charge in [-0.2, -0.15) is 0 Å². The van der Waals surface area contributed by atoms with E-state index in [4.69, 9.17) is 23.2 Å². The van der Waals surface area contributed by atoms with Crippen molar-refractivity contribution >= 4 is 35.0 Å². The van der Waals surface area contributed by atoms with Gasteiger partial charge < -0.3 is 10.2 Å². The SMILES string of the molecule is CCc1nc(C(=O)N2CCC(NC(C)=O)CC2)nn1-c1c(Cl)cccc1Cl. The maximum absolute atomic E-state index is 12.8. The Morgan fingerprint density at radius 3 is 2.41 bits per heavy atom.